The van der Waals surface area contributed by atoms with Crippen LogP contribution in [0.2, 0.25) is 0 Å². The third kappa shape index (κ3) is 6.10. The van der Waals surface area contributed by atoms with Gasteiger partial charge in [-0.05, 0) is 25.0 Å². The van der Waals surface area contributed by atoms with Crippen LogP contribution in [-0.2, 0) is 4.79 Å². The molecule has 0 amide bonds. The zero-order valence-corrected chi connectivity index (χ0v) is 14.6. The van der Waals surface area contributed by atoms with Crippen LogP contribution < -0.4 is 0 Å². The lowest BCUT2D eigenvalue weighted by atomic mass is 9.84. The highest BCUT2D eigenvalue weighted by Crippen LogP contribution is 2.32. The van der Waals surface area contributed by atoms with Crippen LogP contribution in [0.5, 0.6) is 0 Å². The molecule has 0 aliphatic rings. The molecule has 0 saturated heterocycles. The van der Waals surface area contributed by atoms with Crippen molar-refractivity contribution in [2.24, 2.45) is 11.8 Å². The lowest BCUT2D eigenvalue weighted by molar-refractivity contribution is -0.487. The summed E-state index contributed by atoms with van der Waals surface area (Å²) in [5.74, 6) is -0.724. The number of carbonyl (C=O) groups excluding carboxylic acids is 1. The van der Waals surface area contributed by atoms with Crippen molar-refractivity contribution in [3.8, 4) is 0 Å². The molecule has 0 aliphatic carbocycles. The van der Waals surface area contributed by atoms with Gasteiger partial charge in [0, 0.05) is 15.3 Å². The Labute approximate surface area is 139 Å². The van der Waals surface area contributed by atoms with Crippen LogP contribution in [-0.4, -0.2) is 17.3 Å². The summed E-state index contributed by atoms with van der Waals surface area (Å²) in [6.45, 7) is 3.34. The average Bonchev–Trinajstić information content (AvgIpc) is 2.46. The maximum absolute atomic E-state index is 12.0. The molecule has 22 heavy (non-hydrogen) atoms. The number of nitrogens with zero attached hydrogens (tertiary/aromatic N) is 1. The number of unbranched alkanes of at least 4 members (excludes halogenated alkanes) is 1. The van der Waals surface area contributed by atoms with Gasteiger partial charge in [-0.15, -0.1) is 0 Å². The summed E-state index contributed by atoms with van der Waals surface area (Å²) in [6, 6.07) is 9.60. The lowest BCUT2D eigenvalue weighted by Gasteiger charge is -2.22. The third-order valence-electron chi connectivity index (χ3n) is 3.68. The zero-order valence-electron chi connectivity index (χ0n) is 13.0. The smallest absolute Gasteiger partial charge is 0.211 e. The van der Waals surface area contributed by atoms with Gasteiger partial charge in [0.05, 0.1) is 5.92 Å². The predicted octanol–water partition coefficient (Wildman–Crippen LogP) is 4.71. The van der Waals surface area contributed by atoms with Crippen LogP contribution in [0, 0.1) is 22.0 Å². The van der Waals surface area contributed by atoms with E-state index in [1.807, 2.05) is 36.4 Å². The number of nitro groups is 1. The largest absolute Gasteiger partial charge is 0.300 e. The summed E-state index contributed by atoms with van der Waals surface area (Å²) in [5, 5.41) is 11.0. The Morgan fingerprint density at radius 1 is 1.32 bits per heavy atom. The van der Waals surface area contributed by atoms with Crippen LogP contribution in [0.25, 0.3) is 6.08 Å². The second-order valence-corrected chi connectivity index (χ2v) is 6.34. The average molecular weight is 368 g/mol. The van der Waals surface area contributed by atoms with E-state index in [1.54, 1.807) is 0 Å². The highest BCUT2D eigenvalue weighted by molar-refractivity contribution is 9.11. The Hall–Kier alpha value is -1.49. The van der Waals surface area contributed by atoms with Crippen LogP contribution >= 0.6 is 15.9 Å². The van der Waals surface area contributed by atoms with Crippen molar-refractivity contribution in [2.75, 3.05) is 6.54 Å². The fourth-order valence-corrected chi connectivity index (χ4v) is 3.22. The first kappa shape index (κ1) is 18.6. The Bertz CT molecular complexity index is 528. The van der Waals surface area contributed by atoms with Gasteiger partial charge in [0.2, 0.25) is 6.54 Å². The standard InChI is InChI=1S/C17H22BrNO3/c1-3-4-10-15(13(2)20)16(12-19(21)22)17(18)11-14-8-6-5-7-9-14/h5-9,11,15-16H,3-4,10,12H2,1-2H3/b17-11-/t15-,16-/m1/s1. The normalized spacial score (nSPS) is 14.4. The minimum atomic E-state index is -0.417. The first-order chi connectivity index (χ1) is 10.5. The van der Waals surface area contributed by atoms with Gasteiger partial charge in [0.25, 0.3) is 0 Å². The van der Waals surface area contributed by atoms with Crippen LogP contribution in [0.1, 0.15) is 38.7 Å². The van der Waals surface area contributed by atoms with E-state index < -0.39 is 5.92 Å². The second-order valence-electron chi connectivity index (χ2n) is 5.42. The molecule has 1 aromatic carbocycles. The van der Waals surface area contributed by atoms with Gasteiger partial charge in [-0.3, -0.25) is 14.9 Å². The molecule has 1 rings (SSSR count). The SMILES string of the molecule is CCCC[C@H](C(C)=O)[C@@H](C[N+](=O)[O-])/C(Br)=C/c1ccccc1. The molecule has 2 atom stereocenters. The first-order valence-electron chi connectivity index (χ1n) is 7.50. The Morgan fingerprint density at radius 3 is 2.45 bits per heavy atom. The van der Waals surface area contributed by atoms with Gasteiger partial charge in [-0.1, -0.05) is 66.0 Å². The number of rotatable bonds is 9. The predicted molar refractivity (Wildman–Crippen MR) is 92.4 cm³/mol. The zero-order chi connectivity index (χ0) is 16.5. The molecule has 5 heteroatoms. The van der Waals surface area contributed by atoms with Crippen LogP contribution in [0.4, 0.5) is 0 Å². The summed E-state index contributed by atoms with van der Waals surface area (Å²) in [5.41, 5.74) is 0.959. The minimum Gasteiger partial charge on any atom is -0.300 e. The molecule has 0 N–H and O–H groups in total. The molecular formula is C17H22BrNO3. The first-order valence-corrected chi connectivity index (χ1v) is 8.29. The Kier molecular flexibility index (Phi) is 8.02. The topological polar surface area (TPSA) is 60.2 Å². The van der Waals surface area contributed by atoms with Crippen molar-refractivity contribution in [3.63, 3.8) is 0 Å². The highest BCUT2D eigenvalue weighted by Gasteiger charge is 2.31. The van der Waals surface area contributed by atoms with E-state index in [0.29, 0.717) is 10.9 Å². The molecule has 4 nitrogen and oxygen atoms in total. The van der Waals surface area contributed by atoms with E-state index in [4.69, 9.17) is 0 Å². The number of ketones is 1. The molecule has 0 heterocycles. The number of halogens is 1. The van der Waals surface area contributed by atoms with E-state index in [1.165, 1.54) is 6.92 Å². The van der Waals surface area contributed by atoms with E-state index in [2.05, 4.69) is 22.9 Å². The summed E-state index contributed by atoms with van der Waals surface area (Å²) >= 11 is 3.47. The van der Waals surface area contributed by atoms with Crippen LogP contribution in [0.15, 0.2) is 34.8 Å². The third-order valence-corrected chi connectivity index (χ3v) is 4.50. The van der Waals surface area contributed by atoms with E-state index in [9.17, 15) is 14.9 Å². The molecule has 0 radical (unpaired) electrons. The molecule has 0 spiro atoms. The summed E-state index contributed by atoms with van der Waals surface area (Å²) in [7, 11) is 0. The molecule has 0 aromatic heterocycles. The molecule has 1 aromatic rings. The number of benzene rings is 1. The maximum Gasteiger partial charge on any atom is 0.211 e. The Morgan fingerprint density at radius 2 is 1.95 bits per heavy atom. The van der Waals surface area contributed by atoms with E-state index in [0.717, 1.165) is 18.4 Å². The summed E-state index contributed by atoms with van der Waals surface area (Å²) < 4.78 is 0.715. The number of hydrogen-bond donors (Lipinski definition) is 0. The Balaban J connectivity index is 3.06. The van der Waals surface area contributed by atoms with Gasteiger partial charge in [-0.25, -0.2) is 0 Å². The lowest BCUT2D eigenvalue weighted by Crippen LogP contribution is -2.28. The number of Topliss-reactive ketones (excluding diaryl/α,β-unsaturated/α-hetero) is 1. The van der Waals surface area contributed by atoms with Crippen molar-refractivity contribution in [2.45, 2.75) is 33.1 Å². The molecular weight excluding hydrogens is 346 g/mol. The van der Waals surface area contributed by atoms with Gasteiger partial charge >= 0.3 is 0 Å². The molecule has 0 aliphatic heterocycles. The molecule has 0 saturated carbocycles. The van der Waals surface area contributed by atoms with Gasteiger partial charge in [0.1, 0.15) is 5.78 Å². The molecule has 0 unspecified atom stereocenters. The van der Waals surface area contributed by atoms with Crippen molar-refractivity contribution in [1.82, 2.24) is 0 Å². The number of carbonyl (C=O) groups is 1. The molecule has 0 bridgehead atoms. The minimum absolute atomic E-state index is 0.0127. The van der Waals surface area contributed by atoms with E-state index >= 15 is 0 Å². The van der Waals surface area contributed by atoms with Gasteiger partial charge in [-0.2, -0.15) is 0 Å². The van der Waals surface area contributed by atoms with Crippen molar-refractivity contribution < 1.29 is 9.72 Å². The fraction of sp³-hybridized carbons (Fsp3) is 0.471. The summed E-state index contributed by atoms with van der Waals surface area (Å²) in [6.07, 6.45) is 4.41. The molecule has 120 valence electrons. The quantitative estimate of drug-likeness (QED) is 0.468. The second kappa shape index (κ2) is 9.51. The fourth-order valence-electron chi connectivity index (χ4n) is 2.49. The van der Waals surface area contributed by atoms with Crippen molar-refractivity contribution in [1.29, 1.82) is 0 Å². The highest BCUT2D eigenvalue weighted by atomic mass is 79.9. The molecule has 0 fully saturated rings. The van der Waals surface area contributed by atoms with Crippen molar-refractivity contribution in [3.05, 3.63) is 50.5 Å². The van der Waals surface area contributed by atoms with Crippen LogP contribution in [0.3, 0.4) is 0 Å². The summed E-state index contributed by atoms with van der Waals surface area (Å²) in [4.78, 5) is 22.6. The van der Waals surface area contributed by atoms with E-state index in [-0.39, 0.29) is 23.2 Å². The van der Waals surface area contributed by atoms with Gasteiger partial charge in [0.15, 0.2) is 0 Å². The monoisotopic (exact) mass is 367 g/mol. The maximum atomic E-state index is 12.0. The van der Waals surface area contributed by atoms with Gasteiger partial charge < -0.3 is 0 Å². The van der Waals surface area contributed by atoms with Crippen molar-refractivity contribution >= 4 is 27.8 Å². The number of hydrogen-bond acceptors (Lipinski definition) is 3.